The fourth-order valence-electron chi connectivity index (χ4n) is 2.78. The summed E-state index contributed by atoms with van der Waals surface area (Å²) in [5.41, 5.74) is 7.53. The van der Waals surface area contributed by atoms with Crippen molar-refractivity contribution in [1.29, 1.82) is 0 Å². The maximum Gasteiger partial charge on any atom is 0.124 e. The van der Waals surface area contributed by atoms with Gasteiger partial charge < -0.3 is 10.7 Å². The third-order valence-electron chi connectivity index (χ3n) is 3.98. The summed E-state index contributed by atoms with van der Waals surface area (Å²) < 4.78 is 13.1. The second kappa shape index (κ2) is 5.54. The van der Waals surface area contributed by atoms with Crippen LogP contribution in [0.1, 0.15) is 37.4 Å². The quantitative estimate of drug-likeness (QED) is 0.883. The molecule has 0 bridgehead atoms. The molecule has 1 aliphatic carbocycles. The highest BCUT2D eigenvalue weighted by molar-refractivity contribution is 6.33. The summed E-state index contributed by atoms with van der Waals surface area (Å²) in [5.74, 6) is 1.08. The Kier molecular flexibility index (Phi) is 3.76. The van der Waals surface area contributed by atoms with E-state index < -0.39 is 0 Å². The van der Waals surface area contributed by atoms with Crippen LogP contribution in [0.2, 0.25) is 5.02 Å². The summed E-state index contributed by atoms with van der Waals surface area (Å²) in [4.78, 5) is 7.77. The number of nitrogens with one attached hydrogen (secondary N) is 1. The van der Waals surface area contributed by atoms with Crippen LogP contribution in [0.15, 0.2) is 24.4 Å². The Balaban J connectivity index is 1.83. The number of benzene rings is 1. The topological polar surface area (TPSA) is 54.7 Å². The molecule has 0 amide bonds. The molecule has 106 valence electrons. The molecule has 3 rings (SSSR count). The molecule has 0 saturated heterocycles. The first-order chi connectivity index (χ1) is 9.63. The molecule has 5 heteroatoms. The summed E-state index contributed by atoms with van der Waals surface area (Å²) in [6.07, 6.45) is 5.97. The number of nitrogens with zero attached hydrogens (tertiary/aromatic N) is 1. The van der Waals surface area contributed by atoms with E-state index in [1.165, 1.54) is 12.1 Å². The highest BCUT2D eigenvalue weighted by Gasteiger charge is 2.22. The zero-order valence-electron chi connectivity index (χ0n) is 11.1. The lowest BCUT2D eigenvalue weighted by Crippen LogP contribution is -2.26. The number of H-pyrrole nitrogens is 1. The highest BCUT2D eigenvalue weighted by Crippen LogP contribution is 2.33. The molecule has 1 fully saturated rings. The van der Waals surface area contributed by atoms with Gasteiger partial charge in [0.2, 0.25) is 0 Å². The minimum absolute atomic E-state index is 0.326. The first-order valence-electron chi connectivity index (χ1n) is 6.89. The van der Waals surface area contributed by atoms with Crippen LogP contribution >= 0.6 is 11.6 Å². The lowest BCUT2D eigenvalue weighted by Gasteiger charge is -2.24. The van der Waals surface area contributed by atoms with E-state index in [2.05, 4.69) is 9.97 Å². The Bertz CT molecular complexity index is 603. The Morgan fingerprint density at radius 3 is 2.70 bits per heavy atom. The second-order valence-electron chi connectivity index (χ2n) is 5.42. The fourth-order valence-corrected chi connectivity index (χ4v) is 3.05. The van der Waals surface area contributed by atoms with Crippen molar-refractivity contribution in [3.8, 4) is 11.3 Å². The number of aromatic amines is 1. The maximum absolute atomic E-state index is 13.1. The average molecular weight is 294 g/mol. The molecule has 3 nitrogen and oxygen atoms in total. The zero-order chi connectivity index (χ0) is 14.1. The van der Waals surface area contributed by atoms with Gasteiger partial charge in [0.05, 0.1) is 16.9 Å². The monoisotopic (exact) mass is 293 g/mol. The smallest absolute Gasteiger partial charge is 0.124 e. The minimum Gasteiger partial charge on any atom is -0.342 e. The predicted molar refractivity (Wildman–Crippen MR) is 78.2 cm³/mol. The molecule has 1 saturated carbocycles. The summed E-state index contributed by atoms with van der Waals surface area (Å²) in [7, 11) is 0. The molecular weight excluding hydrogens is 277 g/mol. The van der Waals surface area contributed by atoms with Crippen molar-refractivity contribution >= 4 is 11.6 Å². The van der Waals surface area contributed by atoms with Crippen LogP contribution < -0.4 is 5.73 Å². The molecule has 1 aliphatic rings. The van der Waals surface area contributed by atoms with Crippen LogP contribution in [0.3, 0.4) is 0 Å². The Labute approximate surface area is 122 Å². The number of hydrogen-bond donors (Lipinski definition) is 2. The van der Waals surface area contributed by atoms with Crippen molar-refractivity contribution in [2.24, 2.45) is 5.73 Å². The number of aromatic nitrogens is 2. The van der Waals surface area contributed by atoms with Gasteiger partial charge in [-0.1, -0.05) is 11.6 Å². The van der Waals surface area contributed by atoms with Crippen LogP contribution in [0, 0.1) is 5.82 Å². The van der Waals surface area contributed by atoms with Gasteiger partial charge in [-0.2, -0.15) is 0 Å². The summed E-state index contributed by atoms with van der Waals surface area (Å²) in [5, 5.41) is 0.394. The van der Waals surface area contributed by atoms with Crippen molar-refractivity contribution in [1.82, 2.24) is 9.97 Å². The Morgan fingerprint density at radius 2 is 2.00 bits per heavy atom. The molecule has 0 atom stereocenters. The van der Waals surface area contributed by atoms with Gasteiger partial charge in [-0.05, 0) is 43.9 Å². The minimum atomic E-state index is -0.334. The number of halogens is 2. The lowest BCUT2D eigenvalue weighted by molar-refractivity contribution is 0.386. The van der Waals surface area contributed by atoms with Gasteiger partial charge in [0.1, 0.15) is 11.6 Å². The fraction of sp³-hybridized carbons (Fsp3) is 0.400. The van der Waals surface area contributed by atoms with E-state index in [-0.39, 0.29) is 5.82 Å². The van der Waals surface area contributed by atoms with Crippen molar-refractivity contribution in [3.05, 3.63) is 41.1 Å². The molecule has 0 unspecified atom stereocenters. The molecule has 1 aromatic carbocycles. The SMILES string of the molecule is NC1CCC(c2ncc(-c3ccc(F)cc3Cl)[nH]2)CC1. The Morgan fingerprint density at radius 1 is 1.25 bits per heavy atom. The Hall–Kier alpha value is -1.39. The average Bonchev–Trinajstić information content (AvgIpc) is 2.89. The normalized spacial score (nSPS) is 22.9. The first kappa shape index (κ1) is 13.6. The second-order valence-corrected chi connectivity index (χ2v) is 5.83. The van der Waals surface area contributed by atoms with Gasteiger partial charge in [-0.25, -0.2) is 9.37 Å². The van der Waals surface area contributed by atoms with Gasteiger partial charge in [0.25, 0.3) is 0 Å². The summed E-state index contributed by atoms with van der Waals surface area (Å²) in [6.45, 7) is 0. The third-order valence-corrected chi connectivity index (χ3v) is 4.29. The standard InChI is InChI=1S/C15H17ClFN3/c16-13-7-10(17)3-6-12(13)14-8-19-15(20-14)9-1-4-11(18)5-2-9/h3,6-9,11H,1-2,4-5,18H2,(H,19,20). The lowest BCUT2D eigenvalue weighted by atomic mass is 9.86. The molecule has 0 aliphatic heterocycles. The zero-order valence-corrected chi connectivity index (χ0v) is 11.8. The number of rotatable bonds is 2. The van der Waals surface area contributed by atoms with Gasteiger partial charge in [-0.3, -0.25) is 0 Å². The first-order valence-corrected chi connectivity index (χ1v) is 7.27. The maximum atomic E-state index is 13.1. The molecule has 20 heavy (non-hydrogen) atoms. The van der Waals surface area contributed by atoms with E-state index in [0.717, 1.165) is 42.8 Å². The van der Waals surface area contributed by atoms with E-state index >= 15 is 0 Å². The largest absolute Gasteiger partial charge is 0.342 e. The number of hydrogen-bond acceptors (Lipinski definition) is 2. The molecule has 0 radical (unpaired) electrons. The van der Waals surface area contributed by atoms with Crippen molar-refractivity contribution in [3.63, 3.8) is 0 Å². The van der Waals surface area contributed by atoms with Gasteiger partial charge in [-0.15, -0.1) is 0 Å². The van der Waals surface area contributed by atoms with Crippen molar-refractivity contribution < 1.29 is 4.39 Å². The molecule has 0 spiro atoms. The number of imidazole rings is 1. The molecule has 1 heterocycles. The van der Waals surface area contributed by atoms with E-state index in [1.54, 1.807) is 12.3 Å². The van der Waals surface area contributed by atoms with Gasteiger partial charge in [0, 0.05) is 17.5 Å². The van der Waals surface area contributed by atoms with Crippen molar-refractivity contribution in [2.75, 3.05) is 0 Å². The molecule has 3 N–H and O–H groups in total. The molecule has 1 aromatic heterocycles. The summed E-state index contributed by atoms with van der Waals surface area (Å²) >= 11 is 6.07. The number of nitrogens with two attached hydrogens (primary N) is 1. The van der Waals surface area contributed by atoms with Crippen LogP contribution in [-0.2, 0) is 0 Å². The van der Waals surface area contributed by atoms with Gasteiger partial charge in [0.15, 0.2) is 0 Å². The van der Waals surface area contributed by atoms with E-state index in [9.17, 15) is 4.39 Å². The van der Waals surface area contributed by atoms with E-state index in [4.69, 9.17) is 17.3 Å². The van der Waals surface area contributed by atoms with Crippen LogP contribution in [0.4, 0.5) is 4.39 Å². The van der Waals surface area contributed by atoms with Crippen LogP contribution in [0.25, 0.3) is 11.3 Å². The van der Waals surface area contributed by atoms with Crippen LogP contribution in [0.5, 0.6) is 0 Å². The van der Waals surface area contributed by atoms with Crippen molar-refractivity contribution in [2.45, 2.75) is 37.6 Å². The van der Waals surface area contributed by atoms with E-state index in [1.807, 2.05) is 0 Å². The highest BCUT2D eigenvalue weighted by atomic mass is 35.5. The predicted octanol–water partition coefficient (Wildman–Crippen LogP) is 3.85. The van der Waals surface area contributed by atoms with E-state index in [0.29, 0.717) is 17.0 Å². The van der Waals surface area contributed by atoms with Gasteiger partial charge >= 0.3 is 0 Å². The molecule has 2 aromatic rings. The van der Waals surface area contributed by atoms with Crippen LogP contribution in [-0.4, -0.2) is 16.0 Å². The molecular formula is C15H17ClFN3. The summed E-state index contributed by atoms with van der Waals surface area (Å²) in [6, 6.07) is 4.72. The third kappa shape index (κ3) is 2.72.